The van der Waals surface area contributed by atoms with Gasteiger partial charge in [0, 0.05) is 31.7 Å². The number of esters is 1. The number of carboxylic acids is 1. The fourth-order valence-corrected chi connectivity index (χ4v) is 3.90. The topological polar surface area (TPSA) is 179 Å². The molecule has 1 fully saturated rings. The van der Waals surface area contributed by atoms with Crippen molar-refractivity contribution in [3.8, 4) is 11.6 Å². The standard InChI is InChI=1S/C27H33N5O10/c1-3-40-27(38)42-31-15-13-30(14-16-31)26(37)20(11-12-23(33)34)28-25(36)21-18-22(41-17-7-10-24(35)39-2)32(29-21)19-8-5-4-6-9-19/h4-10,18,20H,3,11-17H2,1-2H3,(H,28,36)(H,33,34)/b10-7+/t20-/m0/s1. The first-order valence-corrected chi connectivity index (χ1v) is 13.2. The van der Waals surface area contributed by atoms with Gasteiger partial charge in [-0.2, -0.15) is 5.10 Å². The zero-order valence-corrected chi connectivity index (χ0v) is 23.3. The summed E-state index contributed by atoms with van der Waals surface area (Å²) < 4.78 is 16.4. The maximum Gasteiger partial charge on any atom is 0.527 e. The van der Waals surface area contributed by atoms with E-state index >= 15 is 0 Å². The summed E-state index contributed by atoms with van der Waals surface area (Å²) in [6, 6.07) is 9.07. The predicted molar refractivity (Wildman–Crippen MR) is 145 cm³/mol. The van der Waals surface area contributed by atoms with Crippen LogP contribution in [0.25, 0.3) is 5.69 Å². The molecule has 3 rings (SSSR count). The van der Waals surface area contributed by atoms with E-state index in [4.69, 9.17) is 14.3 Å². The molecule has 15 nitrogen and oxygen atoms in total. The highest BCUT2D eigenvalue weighted by molar-refractivity contribution is 5.96. The lowest BCUT2D eigenvalue weighted by molar-refractivity contribution is -0.157. The largest absolute Gasteiger partial charge is 0.527 e. The van der Waals surface area contributed by atoms with Crippen molar-refractivity contribution in [2.45, 2.75) is 25.8 Å². The van der Waals surface area contributed by atoms with E-state index in [1.165, 1.54) is 40.0 Å². The fourth-order valence-electron chi connectivity index (χ4n) is 3.90. The number of aliphatic carboxylic acids is 1. The van der Waals surface area contributed by atoms with Crippen LogP contribution in [0, 0.1) is 0 Å². The number of rotatable bonds is 13. The molecular formula is C27H33N5O10. The molecule has 2 aromatic rings. The normalized spacial score (nSPS) is 14.2. The second-order valence-corrected chi connectivity index (χ2v) is 8.84. The van der Waals surface area contributed by atoms with Gasteiger partial charge in [-0.15, -0.1) is 5.06 Å². The molecule has 15 heteroatoms. The van der Waals surface area contributed by atoms with Crippen molar-refractivity contribution in [3.63, 3.8) is 0 Å². The van der Waals surface area contributed by atoms with Crippen LogP contribution < -0.4 is 10.1 Å². The number of aromatic nitrogens is 2. The number of benzene rings is 1. The van der Waals surface area contributed by atoms with Crippen molar-refractivity contribution in [2.75, 3.05) is 46.5 Å². The molecular weight excluding hydrogens is 554 g/mol. The number of hydroxylamine groups is 2. The van der Waals surface area contributed by atoms with Crippen molar-refractivity contribution >= 4 is 29.9 Å². The third-order valence-corrected chi connectivity index (χ3v) is 5.96. The molecule has 2 heterocycles. The highest BCUT2D eigenvalue weighted by Gasteiger charge is 2.31. The van der Waals surface area contributed by atoms with E-state index in [1.54, 1.807) is 31.2 Å². The van der Waals surface area contributed by atoms with Crippen LogP contribution in [0.15, 0.2) is 48.6 Å². The maximum absolute atomic E-state index is 13.3. The number of ether oxygens (including phenoxy) is 3. The van der Waals surface area contributed by atoms with E-state index < -0.39 is 36.0 Å². The summed E-state index contributed by atoms with van der Waals surface area (Å²) in [5.41, 5.74) is 0.511. The number of nitrogens with one attached hydrogen (secondary N) is 1. The summed E-state index contributed by atoms with van der Waals surface area (Å²) >= 11 is 0. The summed E-state index contributed by atoms with van der Waals surface area (Å²) in [7, 11) is 1.25. The lowest BCUT2D eigenvalue weighted by Gasteiger charge is -2.35. The smallest absolute Gasteiger partial charge is 0.481 e. The number of nitrogens with zero attached hydrogens (tertiary/aromatic N) is 4. The molecule has 1 aromatic carbocycles. The molecule has 0 saturated carbocycles. The predicted octanol–water partition coefficient (Wildman–Crippen LogP) is 1.18. The molecule has 1 saturated heterocycles. The minimum atomic E-state index is -1.15. The molecule has 0 unspecified atom stereocenters. The first-order chi connectivity index (χ1) is 20.2. The van der Waals surface area contributed by atoms with E-state index in [0.717, 1.165) is 0 Å². The summed E-state index contributed by atoms with van der Waals surface area (Å²) in [5, 5.41) is 17.5. The van der Waals surface area contributed by atoms with E-state index in [1.807, 2.05) is 6.07 Å². The number of para-hydroxylation sites is 1. The third-order valence-electron chi connectivity index (χ3n) is 5.96. The van der Waals surface area contributed by atoms with Crippen molar-refractivity contribution in [1.29, 1.82) is 0 Å². The zero-order chi connectivity index (χ0) is 30.5. The number of carbonyl (C=O) groups is 5. The quantitative estimate of drug-likeness (QED) is 0.253. The van der Waals surface area contributed by atoms with Gasteiger partial charge in [0.05, 0.1) is 32.5 Å². The molecule has 2 N–H and O–H groups in total. The summed E-state index contributed by atoms with van der Waals surface area (Å²) in [6.07, 6.45) is 1.27. The van der Waals surface area contributed by atoms with Crippen molar-refractivity contribution in [3.05, 3.63) is 54.2 Å². The number of carboxylic acid groups (broad SMARTS) is 1. The van der Waals surface area contributed by atoms with Crippen LogP contribution in [-0.2, 0) is 28.7 Å². The Hall–Kier alpha value is -4.92. The molecule has 1 aliphatic heterocycles. The second kappa shape index (κ2) is 15.8. The Kier molecular flexibility index (Phi) is 11.9. The van der Waals surface area contributed by atoms with E-state index in [-0.39, 0.29) is 63.8 Å². The highest BCUT2D eigenvalue weighted by Crippen LogP contribution is 2.20. The van der Waals surface area contributed by atoms with Crippen LogP contribution in [0.2, 0.25) is 0 Å². The van der Waals surface area contributed by atoms with Crippen LogP contribution in [0.5, 0.6) is 5.88 Å². The lowest BCUT2D eigenvalue weighted by Crippen LogP contribution is -2.55. The van der Waals surface area contributed by atoms with Gasteiger partial charge in [-0.25, -0.2) is 14.3 Å². The van der Waals surface area contributed by atoms with Gasteiger partial charge in [0.1, 0.15) is 12.6 Å². The van der Waals surface area contributed by atoms with Crippen molar-refractivity contribution in [1.82, 2.24) is 25.1 Å². The molecule has 0 aliphatic carbocycles. The van der Waals surface area contributed by atoms with Gasteiger partial charge in [0.25, 0.3) is 5.91 Å². The molecule has 42 heavy (non-hydrogen) atoms. The minimum absolute atomic E-state index is 0.0275. The van der Waals surface area contributed by atoms with Gasteiger partial charge >= 0.3 is 18.1 Å². The Bertz CT molecular complexity index is 1270. The van der Waals surface area contributed by atoms with Crippen LogP contribution in [0.3, 0.4) is 0 Å². The molecule has 0 radical (unpaired) electrons. The number of hydrogen-bond donors (Lipinski definition) is 2. The van der Waals surface area contributed by atoms with E-state index in [2.05, 4.69) is 15.2 Å². The fraction of sp³-hybridized carbons (Fsp3) is 0.407. The van der Waals surface area contributed by atoms with Gasteiger partial charge in [-0.1, -0.05) is 18.2 Å². The summed E-state index contributed by atoms with van der Waals surface area (Å²) in [6.45, 7) is 2.54. The Morgan fingerprint density at radius 2 is 1.81 bits per heavy atom. The zero-order valence-electron chi connectivity index (χ0n) is 23.3. The summed E-state index contributed by atoms with van der Waals surface area (Å²) in [5.74, 6) is -2.69. The highest BCUT2D eigenvalue weighted by atomic mass is 16.8. The number of hydrogen-bond acceptors (Lipinski definition) is 11. The SMILES string of the molecule is CCOC(=O)ON1CCN(C(=O)[C@H](CCC(=O)O)NC(=O)c2cc(OC/C=C/C(=O)OC)n(-c3ccccc3)n2)CC1. The van der Waals surface area contributed by atoms with E-state index in [0.29, 0.717) is 5.69 Å². The Labute approximate surface area is 241 Å². The Morgan fingerprint density at radius 1 is 1.10 bits per heavy atom. The monoisotopic (exact) mass is 587 g/mol. The second-order valence-electron chi connectivity index (χ2n) is 8.84. The molecule has 1 atom stereocenters. The van der Waals surface area contributed by atoms with Gasteiger partial charge in [-0.3, -0.25) is 14.4 Å². The lowest BCUT2D eigenvalue weighted by atomic mass is 10.1. The minimum Gasteiger partial charge on any atom is -0.481 e. The molecule has 0 spiro atoms. The molecule has 2 amide bonds. The van der Waals surface area contributed by atoms with Crippen molar-refractivity contribution < 1.29 is 48.1 Å². The average Bonchev–Trinajstić information content (AvgIpc) is 3.42. The average molecular weight is 588 g/mol. The first-order valence-electron chi connectivity index (χ1n) is 13.2. The van der Waals surface area contributed by atoms with Crippen LogP contribution in [0.4, 0.5) is 4.79 Å². The third kappa shape index (κ3) is 9.33. The first kappa shape index (κ1) is 31.6. The molecule has 0 bridgehead atoms. The number of amides is 2. The van der Waals surface area contributed by atoms with Gasteiger partial charge < -0.3 is 34.4 Å². The molecule has 226 valence electrons. The van der Waals surface area contributed by atoms with E-state index in [9.17, 15) is 29.1 Å². The molecule has 1 aliphatic rings. The molecule has 1 aromatic heterocycles. The van der Waals surface area contributed by atoms with Crippen LogP contribution in [0.1, 0.15) is 30.3 Å². The number of piperazine rings is 1. The van der Waals surface area contributed by atoms with Gasteiger partial charge in [0.2, 0.25) is 11.8 Å². The van der Waals surface area contributed by atoms with Gasteiger partial charge in [-0.05, 0) is 31.6 Å². The van der Waals surface area contributed by atoms with Crippen molar-refractivity contribution in [2.24, 2.45) is 0 Å². The number of carbonyl (C=O) groups excluding carboxylic acids is 4. The number of methoxy groups -OCH3 is 1. The Morgan fingerprint density at radius 3 is 2.45 bits per heavy atom. The summed E-state index contributed by atoms with van der Waals surface area (Å²) in [4.78, 5) is 67.3. The maximum atomic E-state index is 13.3. The van der Waals surface area contributed by atoms with Crippen LogP contribution >= 0.6 is 0 Å². The Balaban J connectivity index is 1.73. The van der Waals surface area contributed by atoms with Crippen LogP contribution in [-0.4, -0.2) is 107 Å². The van der Waals surface area contributed by atoms with Gasteiger partial charge in [0.15, 0.2) is 5.69 Å².